The molecule has 1 aliphatic heterocycles. The van der Waals surface area contributed by atoms with Crippen molar-refractivity contribution in [3.63, 3.8) is 0 Å². The zero-order valence-corrected chi connectivity index (χ0v) is 19.2. The first-order valence-electron chi connectivity index (χ1n) is 9.69. The van der Waals surface area contributed by atoms with Gasteiger partial charge < -0.3 is 9.84 Å². The number of carbonyl (C=O) groups excluding carboxylic acids is 2. The molecule has 0 spiro atoms. The summed E-state index contributed by atoms with van der Waals surface area (Å²) in [5.41, 5.74) is 2.64. The van der Waals surface area contributed by atoms with Crippen molar-refractivity contribution in [3.8, 4) is 22.6 Å². The van der Waals surface area contributed by atoms with Gasteiger partial charge in [0, 0.05) is 5.56 Å². The quantitative estimate of drug-likeness (QED) is 0.265. The van der Waals surface area contributed by atoms with Gasteiger partial charge in [0.2, 0.25) is 0 Å². The molecule has 0 bridgehead atoms. The van der Waals surface area contributed by atoms with E-state index < -0.39 is 11.8 Å². The number of hydrogen-bond acceptors (Lipinski definition) is 5. The standard InChI is InChI=1S/C24H16Cl2N2O4S/c25-18-10-15(11-19(26)21(18)29)14-6-7-20(32-12-13-4-2-1-3-5-13)16(8-14)9-17-22(30)27-24(33)28-23(17)31/h1-11,29H,12H2,(H2,27,28,30,31,33). The summed E-state index contributed by atoms with van der Waals surface area (Å²) >= 11 is 17.0. The average molecular weight is 499 g/mol. The Morgan fingerprint density at radius 3 is 2.18 bits per heavy atom. The van der Waals surface area contributed by atoms with Crippen LogP contribution in [0.4, 0.5) is 0 Å². The molecule has 1 saturated heterocycles. The first-order chi connectivity index (χ1) is 15.8. The van der Waals surface area contributed by atoms with Crippen LogP contribution in [0.5, 0.6) is 11.5 Å². The Kier molecular flexibility index (Phi) is 6.65. The lowest BCUT2D eigenvalue weighted by Crippen LogP contribution is -2.51. The zero-order chi connectivity index (χ0) is 23.5. The van der Waals surface area contributed by atoms with Crippen LogP contribution < -0.4 is 15.4 Å². The van der Waals surface area contributed by atoms with E-state index in [4.69, 9.17) is 40.2 Å². The van der Waals surface area contributed by atoms with Crippen LogP contribution in [0.15, 0.2) is 66.2 Å². The number of aromatic hydroxyl groups is 1. The average Bonchev–Trinajstić information content (AvgIpc) is 2.79. The molecule has 0 unspecified atom stereocenters. The van der Waals surface area contributed by atoms with Gasteiger partial charge in [-0.15, -0.1) is 0 Å². The minimum absolute atomic E-state index is 0.0511. The first kappa shape index (κ1) is 22.8. The number of hydrogen-bond donors (Lipinski definition) is 3. The summed E-state index contributed by atoms with van der Waals surface area (Å²) in [5, 5.41) is 14.8. The molecule has 1 heterocycles. The highest BCUT2D eigenvalue weighted by Gasteiger charge is 2.26. The van der Waals surface area contributed by atoms with Crippen molar-refractivity contribution < 1.29 is 19.4 Å². The summed E-state index contributed by atoms with van der Waals surface area (Å²) < 4.78 is 5.99. The van der Waals surface area contributed by atoms with Crippen LogP contribution in [0.25, 0.3) is 17.2 Å². The Morgan fingerprint density at radius 2 is 1.55 bits per heavy atom. The summed E-state index contributed by atoms with van der Waals surface area (Å²) in [4.78, 5) is 24.7. The molecular weight excluding hydrogens is 483 g/mol. The van der Waals surface area contributed by atoms with Gasteiger partial charge in [0.1, 0.15) is 17.9 Å². The topological polar surface area (TPSA) is 87.7 Å². The van der Waals surface area contributed by atoms with Gasteiger partial charge >= 0.3 is 0 Å². The van der Waals surface area contributed by atoms with Gasteiger partial charge in [-0.25, -0.2) is 0 Å². The van der Waals surface area contributed by atoms with Crippen LogP contribution in [-0.2, 0) is 16.2 Å². The van der Waals surface area contributed by atoms with E-state index >= 15 is 0 Å². The number of phenolic OH excluding ortho intramolecular Hbond substituents is 1. The fraction of sp³-hybridized carbons (Fsp3) is 0.0417. The van der Waals surface area contributed by atoms with Gasteiger partial charge in [-0.3, -0.25) is 20.2 Å². The van der Waals surface area contributed by atoms with E-state index in [1.54, 1.807) is 30.3 Å². The monoisotopic (exact) mass is 498 g/mol. The summed E-state index contributed by atoms with van der Waals surface area (Å²) in [6.07, 6.45) is 1.43. The number of nitrogens with one attached hydrogen (secondary N) is 2. The fourth-order valence-electron chi connectivity index (χ4n) is 3.20. The SMILES string of the molecule is O=C1NC(=S)NC(=O)C1=Cc1cc(-c2cc(Cl)c(O)c(Cl)c2)ccc1OCc1ccccc1. The van der Waals surface area contributed by atoms with Crippen molar-refractivity contribution in [1.82, 2.24) is 10.6 Å². The second-order valence-corrected chi connectivity index (χ2v) is 8.33. The van der Waals surface area contributed by atoms with E-state index in [1.807, 2.05) is 30.3 Å². The highest BCUT2D eigenvalue weighted by molar-refractivity contribution is 7.80. The maximum atomic E-state index is 12.4. The third-order valence-electron chi connectivity index (χ3n) is 4.84. The number of benzene rings is 3. The zero-order valence-electron chi connectivity index (χ0n) is 16.9. The second-order valence-electron chi connectivity index (χ2n) is 7.11. The van der Waals surface area contributed by atoms with Crippen LogP contribution in [-0.4, -0.2) is 22.0 Å². The van der Waals surface area contributed by atoms with Crippen molar-refractivity contribution in [1.29, 1.82) is 0 Å². The Labute approximate surface area is 204 Å². The summed E-state index contributed by atoms with van der Waals surface area (Å²) in [6.45, 7) is 0.287. The fourth-order valence-corrected chi connectivity index (χ4v) is 3.87. The molecule has 166 valence electrons. The van der Waals surface area contributed by atoms with Gasteiger partial charge in [0.15, 0.2) is 10.9 Å². The minimum Gasteiger partial charge on any atom is -0.505 e. The number of phenols is 1. The van der Waals surface area contributed by atoms with E-state index in [9.17, 15) is 14.7 Å². The molecule has 3 aromatic rings. The molecule has 0 atom stereocenters. The van der Waals surface area contributed by atoms with Crippen molar-refractivity contribution in [2.45, 2.75) is 6.61 Å². The summed E-state index contributed by atoms with van der Waals surface area (Å²) in [7, 11) is 0. The Bertz CT molecular complexity index is 1260. The highest BCUT2D eigenvalue weighted by atomic mass is 35.5. The molecule has 1 aliphatic rings. The van der Waals surface area contributed by atoms with Crippen molar-refractivity contribution in [2.75, 3.05) is 0 Å². The van der Waals surface area contributed by atoms with E-state index in [2.05, 4.69) is 10.6 Å². The molecule has 3 aromatic carbocycles. The molecule has 1 fully saturated rings. The third-order valence-corrected chi connectivity index (χ3v) is 5.62. The highest BCUT2D eigenvalue weighted by Crippen LogP contribution is 2.38. The molecule has 3 N–H and O–H groups in total. The summed E-state index contributed by atoms with van der Waals surface area (Å²) in [5.74, 6) is -0.976. The van der Waals surface area contributed by atoms with Gasteiger partial charge in [-0.1, -0.05) is 59.6 Å². The smallest absolute Gasteiger partial charge is 0.263 e. The number of rotatable bonds is 5. The van der Waals surface area contributed by atoms with Crippen molar-refractivity contribution in [2.24, 2.45) is 0 Å². The lowest BCUT2D eigenvalue weighted by molar-refractivity contribution is -0.123. The number of ether oxygens (including phenoxy) is 1. The Morgan fingerprint density at radius 1 is 0.909 bits per heavy atom. The maximum absolute atomic E-state index is 12.4. The normalized spacial score (nSPS) is 13.4. The Hall–Kier alpha value is -3.39. The molecule has 0 saturated carbocycles. The molecule has 2 amide bonds. The maximum Gasteiger partial charge on any atom is 0.263 e. The van der Waals surface area contributed by atoms with Crippen LogP contribution in [0, 0.1) is 0 Å². The van der Waals surface area contributed by atoms with E-state index in [0.717, 1.165) is 5.56 Å². The second kappa shape index (κ2) is 9.62. The van der Waals surface area contributed by atoms with E-state index in [0.29, 0.717) is 22.4 Å². The molecule has 4 rings (SSSR count). The summed E-state index contributed by atoms with van der Waals surface area (Å²) in [6, 6.07) is 18.0. The number of amides is 2. The van der Waals surface area contributed by atoms with Crippen molar-refractivity contribution in [3.05, 3.63) is 87.4 Å². The van der Waals surface area contributed by atoms with Crippen LogP contribution in [0.1, 0.15) is 11.1 Å². The lowest BCUT2D eigenvalue weighted by atomic mass is 10.00. The predicted octanol–water partition coefficient (Wildman–Crippen LogP) is 4.86. The third kappa shape index (κ3) is 5.17. The van der Waals surface area contributed by atoms with Crippen LogP contribution >= 0.6 is 35.4 Å². The van der Waals surface area contributed by atoms with Gasteiger partial charge in [0.05, 0.1) is 10.0 Å². The van der Waals surface area contributed by atoms with E-state index in [1.165, 1.54) is 6.08 Å². The van der Waals surface area contributed by atoms with E-state index in [-0.39, 0.29) is 33.1 Å². The first-order valence-corrected chi connectivity index (χ1v) is 10.9. The minimum atomic E-state index is -0.612. The van der Waals surface area contributed by atoms with Gasteiger partial charge in [-0.2, -0.15) is 0 Å². The number of halogens is 2. The largest absolute Gasteiger partial charge is 0.505 e. The molecule has 6 nitrogen and oxygen atoms in total. The molecule has 0 aromatic heterocycles. The van der Waals surface area contributed by atoms with Gasteiger partial charge in [-0.05, 0) is 59.2 Å². The molecular formula is C24H16Cl2N2O4S. The van der Waals surface area contributed by atoms with Crippen molar-refractivity contribution >= 4 is 58.4 Å². The Balaban J connectivity index is 1.76. The molecule has 9 heteroatoms. The molecule has 33 heavy (non-hydrogen) atoms. The van der Waals surface area contributed by atoms with Crippen LogP contribution in [0.3, 0.4) is 0 Å². The number of thiocarbonyl (C=S) groups is 1. The lowest BCUT2D eigenvalue weighted by Gasteiger charge is -2.17. The van der Waals surface area contributed by atoms with Crippen LogP contribution in [0.2, 0.25) is 10.0 Å². The number of carbonyl (C=O) groups is 2. The van der Waals surface area contributed by atoms with Gasteiger partial charge in [0.25, 0.3) is 11.8 Å². The molecule has 0 aliphatic carbocycles. The predicted molar refractivity (Wildman–Crippen MR) is 131 cm³/mol. The molecule has 0 radical (unpaired) electrons.